The van der Waals surface area contributed by atoms with E-state index in [1.54, 1.807) is 25.1 Å². The summed E-state index contributed by atoms with van der Waals surface area (Å²) in [6.07, 6.45) is 7.95. The van der Waals surface area contributed by atoms with Gasteiger partial charge in [0, 0.05) is 96.8 Å². The first-order chi connectivity index (χ1) is 31.2. The number of nitrogens with zero attached hydrogens (tertiary/aromatic N) is 6. The third-order valence-corrected chi connectivity index (χ3v) is 14.7. The Kier molecular flexibility index (Phi) is 13.6. The van der Waals surface area contributed by atoms with E-state index >= 15 is 0 Å². The molecular weight excluding hydrogens is 841 g/mol. The molecule has 1 aliphatic carbocycles. The zero-order valence-electron chi connectivity index (χ0n) is 39.2. The van der Waals surface area contributed by atoms with Crippen LogP contribution in [-0.4, -0.2) is 105 Å². The van der Waals surface area contributed by atoms with Crippen LogP contribution in [0, 0.1) is 17.3 Å². The fraction of sp³-hybridized carbons (Fsp3) is 0.520. The summed E-state index contributed by atoms with van der Waals surface area (Å²) in [5.41, 5.74) is 10.4. The molecule has 8 rings (SSSR count). The Bertz CT molecular complexity index is 2590. The maximum Gasteiger partial charge on any atom is 0.324 e. The number of fused-ring (bicyclic) bond motifs is 6. The minimum Gasteiger partial charge on any atom is -0.464 e. The molecule has 8 atom stereocenters. The smallest absolute Gasteiger partial charge is 0.324 e. The van der Waals surface area contributed by atoms with Crippen molar-refractivity contribution < 1.29 is 28.6 Å². The van der Waals surface area contributed by atoms with Crippen LogP contribution in [0.2, 0.25) is 0 Å². The number of allylic oxidation sites excluding steroid dienone is 2. The van der Waals surface area contributed by atoms with Gasteiger partial charge in [-0.05, 0) is 88.3 Å². The second-order valence-electron chi connectivity index (χ2n) is 18.5. The highest BCUT2D eigenvalue weighted by atomic mass is 32.2. The Morgan fingerprint density at radius 1 is 1.20 bits per heavy atom. The predicted molar refractivity (Wildman–Crippen MR) is 258 cm³/mol. The number of cyclic esters (lactones) is 1. The van der Waals surface area contributed by atoms with Crippen molar-refractivity contribution in [2.75, 3.05) is 32.6 Å². The first-order valence-corrected chi connectivity index (χ1v) is 24.0. The number of nitrogens with one attached hydrogen (secondary N) is 2. The third kappa shape index (κ3) is 8.96. The molecule has 3 aromatic heterocycles. The summed E-state index contributed by atoms with van der Waals surface area (Å²) in [4.78, 5) is 58.3. The number of aromatic nitrogens is 3. The molecule has 65 heavy (non-hydrogen) atoms. The van der Waals surface area contributed by atoms with Crippen molar-refractivity contribution in [3.63, 3.8) is 0 Å². The second-order valence-corrected chi connectivity index (χ2v) is 19.6. The summed E-state index contributed by atoms with van der Waals surface area (Å²) >= 11 is 1.55. The summed E-state index contributed by atoms with van der Waals surface area (Å²) in [5.74, 6) is -0.926. The molecule has 1 unspecified atom stereocenters. The normalized spacial score (nSPS) is 26.8. The van der Waals surface area contributed by atoms with Crippen molar-refractivity contribution in [1.29, 1.82) is 0 Å². The van der Waals surface area contributed by atoms with Crippen molar-refractivity contribution in [1.82, 2.24) is 29.9 Å². The number of esters is 1. The lowest BCUT2D eigenvalue weighted by Gasteiger charge is -2.37. The van der Waals surface area contributed by atoms with E-state index in [-0.39, 0.29) is 43.1 Å². The molecule has 4 aliphatic rings. The number of aryl methyl sites for hydroxylation is 2. The van der Waals surface area contributed by atoms with Gasteiger partial charge in [0.05, 0.1) is 41.9 Å². The van der Waals surface area contributed by atoms with Crippen LogP contribution in [0.25, 0.3) is 27.4 Å². The molecule has 346 valence electrons. The first kappa shape index (κ1) is 46.4. The highest BCUT2D eigenvalue weighted by molar-refractivity contribution is 8.14. The second kappa shape index (κ2) is 19.0. The molecular formula is C50H64N8O6S. The van der Waals surface area contributed by atoms with Crippen molar-refractivity contribution in [3.05, 3.63) is 83.6 Å². The number of carbonyl (C=O) groups is 3. The molecule has 1 saturated carbocycles. The fourth-order valence-electron chi connectivity index (χ4n) is 10.0. The number of hydrazine groups is 1. The Morgan fingerprint density at radius 3 is 2.72 bits per heavy atom. The van der Waals surface area contributed by atoms with Crippen LogP contribution in [0.5, 0.6) is 0 Å². The minimum atomic E-state index is -1.13. The summed E-state index contributed by atoms with van der Waals surface area (Å²) in [6.45, 7) is 19.9. The zero-order chi connectivity index (χ0) is 46.3. The summed E-state index contributed by atoms with van der Waals surface area (Å²) in [6, 6.07) is 8.52. The van der Waals surface area contributed by atoms with Crippen molar-refractivity contribution in [3.8, 4) is 0 Å². The molecule has 4 aromatic rings. The topological polar surface area (TPSA) is 154 Å². The summed E-state index contributed by atoms with van der Waals surface area (Å²) < 4.78 is 22.8. The highest BCUT2D eigenvalue weighted by Gasteiger charge is 2.55. The van der Waals surface area contributed by atoms with Gasteiger partial charge in [-0.25, -0.2) is 5.43 Å². The van der Waals surface area contributed by atoms with Crippen LogP contribution in [0.4, 0.5) is 0 Å². The summed E-state index contributed by atoms with van der Waals surface area (Å²) in [7, 11) is 3.66. The predicted octanol–water partition coefficient (Wildman–Crippen LogP) is 7.32. The molecule has 0 radical (unpaired) electrons. The number of thioether (sulfide) groups is 1. The standard InChI is InChI=1S/C50H64N8O6S/c1-11-32(42(51-12-2)29(6)62-10)44-34-24-50(7,8)27-64-49(61)35-16-15-20-58(55-35)48(60)43(54-46(59)41-28(5)40(41)36-23-31-19-21-56(9)39(31)25-52-36)45(63-14-4)47-53-37(26-65-47)30-17-18-38(33(34)22-30)57(44)13-3/h11-12,17-19,21-23,25,28-29,35,37,40-41,43,45,55H,1,13-16,20,24,26-27H2,2-10H3,(H,54,59)/b42-32+,51-12-/t28-,29-,35-,37?,40-,41+,43-,45-/m0/s1. The largest absolute Gasteiger partial charge is 0.464 e. The van der Waals surface area contributed by atoms with Crippen molar-refractivity contribution in [2.45, 2.75) is 111 Å². The lowest BCUT2D eigenvalue weighted by molar-refractivity contribution is -0.156. The van der Waals surface area contributed by atoms with Gasteiger partial charge in [-0.1, -0.05) is 39.5 Å². The quantitative estimate of drug-likeness (QED) is 0.0896. The first-order valence-electron chi connectivity index (χ1n) is 23.0. The average Bonchev–Trinajstić information content (AvgIpc) is 3.58. The molecule has 15 heteroatoms. The van der Waals surface area contributed by atoms with Gasteiger partial charge in [-0.3, -0.25) is 34.4 Å². The Balaban J connectivity index is 1.22. The fourth-order valence-corrected chi connectivity index (χ4v) is 11.2. The van der Waals surface area contributed by atoms with Gasteiger partial charge < -0.3 is 28.7 Å². The van der Waals surface area contributed by atoms with Crippen molar-refractivity contribution in [2.24, 2.45) is 34.3 Å². The zero-order valence-corrected chi connectivity index (χ0v) is 40.0. The van der Waals surface area contributed by atoms with Crippen LogP contribution in [-0.2, 0) is 48.6 Å². The maximum atomic E-state index is 14.9. The van der Waals surface area contributed by atoms with Gasteiger partial charge in [-0.15, -0.1) is 11.8 Å². The van der Waals surface area contributed by atoms with Gasteiger partial charge in [0.15, 0.2) is 0 Å². The number of ether oxygens (including phenoxy) is 3. The van der Waals surface area contributed by atoms with E-state index in [1.807, 2.05) is 56.9 Å². The van der Waals surface area contributed by atoms with E-state index in [9.17, 15) is 14.4 Å². The number of amides is 2. The monoisotopic (exact) mass is 904 g/mol. The van der Waals surface area contributed by atoms with Crippen LogP contribution < -0.4 is 10.7 Å². The minimum absolute atomic E-state index is 0.0119. The number of methoxy groups -OCH3 is 1. The maximum absolute atomic E-state index is 14.9. The van der Waals surface area contributed by atoms with Gasteiger partial charge in [0.25, 0.3) is 5.91 Å². The van der Waals surface area contributed by atoms with Gasteiger partial charge in [-0.2, -0.15) is 0 Å². The third-order valence-electron chi connectivity index (χ3n) is 13.6. The van der Waals surface area contributed by atoms with Gasteiger partial charge in [0.1, 0.15) is 23.2 Å². The van der Waals surface area contributed by atoms with E-state index < -0.39 is 41.4 Å². The molecule has 2 amide bonds. The molecule has 1 aromatic carbocycles. The van der Waals surface area contributed by atoms with E-state index in [2.05, 4.69) is 73.8 Å². The molecule has 14 nitrogen and oxygen atoms in total. The number of hydrogen-bond acceptors (Lipinski definition) is 11. The van der Waals surface area contributed by atoms with E-state index in [0.29, 0.717) is 43.1 Å². The Morgan fingerprint density at radius 2 is 2.00 bits per heavy atom. The molecule has 2 N–H and O–H groups in total. The number of carbonyl (C=O) groups excluding carboxylic acids is 3. The number of aliphatic imine (C=N–C) groups is 2. The van der Waals surface area contributed by atoms with Gasteiger partial charge in [0.2, 0.25) is 5.91 Å². The van der Waals surface area contributed by atoms with Gasteiger partial charge >= 0.3 is 5.97 Å². The lowest BCUT2D eigenvalue weighted by Crippen LogP contribution is -2.63. The number of benzene rings is 1. The highest BCUT2D eigenvalue weighted by Crippen LogP contribution is 2.53. The number of pyridine rings is 1. The molecule has 6 heterocycles. The Labute approximate surface area is 386 Å². The van der Waals surface area contributed by atoms with Crippen LogP contribution >= 0.6 is 11.8 Å². The molecule has 1 saturated heterocycles. The number of hydrogen-bond donors (Lipinski definition) is 2. The number of rotatable bonds is 11. The average molecular weight is 905 g/mol. The summed E-state index contributed by atoms with van der Waals surface area (Å²) in [5, 5.41) is 7.42. The Hall–Kier alpha value is -5.09. The van der Waals surface area contributed by atoms with Crippen LogP contribution in [0.3, 0.4) is 0 Å². The lowest BCUT2D eigenvalue weighted by atomic mass is 9.84. The van der Waals surface area contributed by atoms with E-state index in [0.717, 1.165) is 55.6 Å². The molecule has 0 spiro atoms. The van der Waals surface area contributed by atoms with E-state index in [4.69, 9.17) is 29.2 Å². The SMILES string of the molecule is C=C/C(=C(\N=C/C)[C@H](C)OC)c1c2c3cc(ccc3n1CC)C1CSC(=N1)[C@@H](OCC)[C@H](NC(=O)[C@@H]1[C@@H](C)[C@H]1c1cc3ccn(C)c3cn1)C(=O)N1CCC[C@H](N1)C(=O)OCC(C)(C)C2. The van der Waals surface area contributed by atoms with E-state index in [1.165, 1.54) is 5.01 Å². The molecule has 2 fully saturated rings. The molecule has 3 aliphatic heterocycles. The van der Waals surface area contributed by atoms with Crippen molar-refractivity contribution >= 4 is 68.2 Å². The van der Waals surface area contributed by atoms with Crippen LogP contribution in [0.1, 0.15) is 95.8 Å². The van der Waals surface area contributed by atoms with Crippen LogP contribution in [0.15, 0.2) is 71.1 Å². The molecule has 6 bridgehead atoms.